The number of halogens is 8. The van der Waals surface area contributed by atoms with E-state index < -0.39 is 159 Å². The fourth-order valence-corrected chi connectivity index (χ4v) is 19.3. The first-order valence-electron chi connectivity index (χ1n) is 41.4. The number of nitrogens with zero attached hydrogens (tertiary/aromatic N) is 4. The summed E-state index contributed by atoms with van der Waals surface area (Å²) in [6, 6.07) is 17.6. The molecule has 8 N–H and O–H groups in total. The molecule has 0 radical (unpaired) electrons. The Bertz CT molecular complexity index is 5510. The van der Waals surface area contributed by atoms with Crippen molar-refractivity contribution in [3.8, 4) is 23.0 Å². The first kappa shape index (κ1) is 94.8. The van der Waals surface area contributed by atoms with Crippen LogP contribution >= 0.6 is 46.4 Å². The van der Waals surface area contributed by atoms with Gasteiger partial charge in [-0.3, -0.25) is 57.5 Å². The minimum absolute atomic E-state index is 0.0829. The predicted octanol–water partition coefficient (Wildman–Crippen LogP) is 13.2. The van der Waals surface area contributed by atoms with Crippen LogP contribution in [0.2, 0.25) is 20.1 Å². The van der Waals surface area contributed by atoms with Crippen molar-refractivity contribution in [1.82, 2.24) is 39.5 Å². The van der Waals surface area contributed by atoms with Crippen LogP contribution in [0.3, 0.4) is 0 Å². The van der Waals surface area contributed by atoms with E-state index >= 15 is 0 Å². The predicted molar refractivity (Wildman–Crippen MR) is 462 cm³/mol. The third-order valence-electron chi connectivity index (χ3n) is 26.6. The Balaban J connectivity index is 0.000000146. The van der Waals surface area contributed by atoms with E-state index in [2.05, 4.69) is 21.3 Å². The van der Waals surface area contributed by atoms with Gasteiger partial charge in [-0.15, -0.1) is 0 Å². The highest BCUT2D eigenvalue weighted by Gasteiger charge is 2.63. The van der Waals surface area contributed by atoms with Gasteiger partial charge in [0.2, 0.25) is 21.7 Å². The normalized spacial score (nSPS) is 23.9. The molecule has 28 nitrogen and oxygen atoms in total. The Hall–Kier alpha value is -10.8. The number of carbonyl (C=O) groups is 8. The average Bonchev–Trinajstić information content (AvgIpc) is 1.59. The van der Waals surface area contributed by atoms with E-state index in [1.54, 1.807) is 79.7 Å². The number of benzene rings is 4. The number of pyridine rings is 4. The highest BCUT2D eigenvalue weighted by Crippen LogP contribution is 2.55. The van der Waals surface area contributed by atoms with Gasteiger partial charge >= 0.3 is 0 Å². The van der Waals surface area contributed by atoms with Crippen LogP contribution in [0.5, 0.6) is 23.0 Å². The van der Waals surface area contributed by atoms with Gasteiger partial charge in [-0.05, 0) is 129 Å². The van der Waals surface area contributed by atoms with Crippen molar-refractivity contribution in [3.05, 3.63) is 249 Å². The molecule has 8 unspecified atom stereocenters. The van der Waals surface area contributed by atoms with Gasteiger partial charge in [-0.1, -0.05) is 123 Å². The number of Topliss-reactive ketones (excluding diaryl/α,β-unsaturated/α-hetero) is 4. The summed E-state index contributed by atoms with van der Waals surface area (Å²) >= 11 is 23.0. The van der Waals surface area contributed by atoms with Gasteiger partial charge in [0.15, 0.2) is 46.1 Å². The number of rotatable bonds is 12. The smallest absolute Gasteiger partial charge is 0.257 e. The van der Waals surface area contributed by atoms with Crippen molar-refractivity contribution in [2.24, 2.45) is 45.3 Å². The highest BCUT2D eigenvalue weighted by atomic mass is 35.5. The molecular formula is C92H96Cl4F4N8O20. The molecule has 8 aliphatic heterocycles. The summed E-state index contributed by atoms with van der Waals surface area (Å²) in [6.45, 7) is 24.1. The van der Waals surface area contributed by atoms with Crippen molar-refractivity contribution in [2.75, 3.05) is 26.4 Å². The monoisotopic (exact) mass is 1850 g/mol. The lowest BCUT2D eigenvalue weighted by Crippen LogP contribution is -2.57. The summed E-state index contributed by atoms with van der Waals surface area (Å²) in [4.78, 5) is 155. The number of aromatic hydroxyl groups is 4. The lowest BCUT2D eigenvalue weighted by Gasteiger charge is -2.47. The second-order valence-electron chi connectivity index (χ2n) is 36.6. The van der Waals surface area contributed by atoms with Crippen LogP contribution in [0.1, 0.15) is 214 Å². The minimum atomic E-state index is -0.963. The van der Waals surface area contributed by atoms with E-state index in [1.165, 1.54) is 91.6 Å². The maximum absolute atomic E-state index is 14.1. The Morgan fingerprint density at radius 3 is 0.688 bits per heavy atom. The maximum Gasteiger partial charge on any atom is 0.257 e. The standard InChI is InChI=1S/4C23H24ClFN2O5/c4*1-12-7-23(32-10-12)11-27-9-14(18(28)19(29)17(27)20(30)22(23,2)3)21(31)26-8-13-5-4-6-15(24)16(13)25/h4*4-6,9,12,29H,7-8,10-11H2,1-3H3,(H,26,31). The molecule has 4 saturated heterocycles. The van der Waals surface area contributed by atoms with E-state index in [9.17, 15) is 95.5 Å². The van der Waals surface area contributed by atoms with Crippen LogP contribution in [0.4, 0.5) is 17.6 Å². The molecule has 36 heteroatoms. The van der Waals surface area contributed by atoms with E-state index in [4.69, 9.17) is 65.4 Å². The van der Waals surface area contributed by atoms with Crippen molar-refractivity contribution in [1.29, 1.82) is 0 Å². The second-order valence-corrected chi connectivity index (χ2v) is 38.3. The topological polar surface area (TPSA) is 391 Å². The van der Waals surface area contributed by atoms with Gasteiger partial charge in [0.1, 0.15) is 68.3 Å². The molecule has 4 amide bonds. The quantitative estimate of drug-likeness (QED) is 0.0527. The van der Waals surface area contributed by atoms with Crippen molar-refractivity contribution in [2.45, 2.75) is 184 Å². The number of carbonyl (C=O) groups excluding carboxylic acids is 8. The van der Waals surface area contributed by atoms with Gasteiger partial charge in [0, 0.05) is 73.2 Å². The molecule has 0 aliphatic carbocycles. The van der Waals surface area contributed by atoms with E-state index in [1.807, 2.05) is 27.7 Å². The summed E-state index contributed by atoms with van der Waals surface area (Å²) in [5, 5.41) is 51.9. The second kappa shape index (κ2) is 35.2. The summed E-state index contributed by atoms with van der Waals surface area (Å²) < 4.78 is 86.4. The SMILES string of the molecule is CC1COC2(C1)Cn1cc(C(=O)NCc3cccc(Cl)c3F)c(=O)c(O)c1C(=O)C2(C)C.CC1COC2(C1)Cn1cc(C(=O)NCc3cccc(Cl)c3F)c(=O)c(O)c1C(=O)C2(C)C.CC1COC2(C1)Cn1cc(C(=O)NCc3cccc(Cl)c3F)c(=O)c(O)c1C(=O)C2(C)C.CC1COC2(C1)Cn1cc(C(=O)NCc3cccc(Cl)c3F)c(=O)c(O)c1C(=O)C2(C)C. The number of nitrogens with one attached hydrogen (secondary N) is 4. The Morgan fingerprint density at radius 2 is 0.523 bits per heavy atom. The van der Waals surface area contributed by atoms with Crippen LogP contribution in [-0.4, -0.2) is 134 Å². The largest absolute Gasteiger partial charge is 0.503 e. The van der Waals surface area contributed by atoms with Crippen molar-refractivity contribution < 1.29 is 95.3 Å². The molecule has 0 saturated carbocycles. The number of fused-ring (bicyclic) bond motifs is 4. The zero-order valence-electron chi connectivity index (χ0n) is 72.0. The minimum Gasteiger partial charge on any atom is -0.503 e. The lowest BCUT2D eigenvalue weighted by molar-refractivity contribution is -0.0880. The first-order chi connectivity index (χ1) is 59.9. The number of amides is 4. The third kappa shape index (κ3) is 16.5. The summed E-state index contributed by atoms with van der Waals surface area (Å²) in [5.74, 6) is -9.64. The van der Waals surface area contributed by atoms with Crippen LogP contribution in [0.15, 0.2) is 117 Å². The number of hydrogen-bond acceptors (Lipinski definition) is 20. The molecule has 4 fully saturated rings. The van der Waals surface area contributed by atoms with Gasteiger partial charge in [-0.2, -0.15) is 0 Å². The molecule has 8 aromatic rings. The maximum atomic E-state index is 14.1. The van der Waals surface area contributed by atoms with Gasteiger partial charge < -0.3 is 78.9 Å². The molecule has 8 aliphatic rings. The number of aromatic nitrogens is 4. The summed E-state index contributed by atoms with van der Waals surface area (Å²) in [7, 11) is 0. The zero-order chi connectivity index (χ0) is 93.7. The fourth-order valence-electron chi connectivity index (χ4n) is 18.5. The Kier molecular flexibility index (Phi) is 26.1. The molecule has 0 bridgehead atoms. The summed E-state index contributed by atoms with van der Waals surface area (Å²) in [6.07, 6.45) is 7.59. The number of ether oxygens (including phenoxy) is 4. The van der Waals surface area contributed by atoms with Crippen LogP contribution in [0, 0.1) is 68.6 Å². The van der Waals surface area contributed by atoms with Crippen LogP contribution in [-0.2, 0) is 71.3 Å². The molecule has 680 valence electrons. The average molecular weight is 1850 g/mol. The third-order valence-corrected chi connectivity index (χ3v) is 27.7. The molecule has 4 spiro atoms. The van der Waals surface area contributed by atoms with Crippen molar-refractivity contribution >= 4 is 93.2 Å². The van der Waals surface area contributed by atoms with E-state index in [0.717, 1.165) is 0 Å². The first-order valence-corrected chi connectivity index (χ1v) is 42.9. The summed E-state index contributed by atoms with van der Waals surface area (Å²) in [5.41, 5.74) is -12.2. The van der Waals surface area contributed by atoms with Gasteiger partial charge in [0.25, 0.3) is 23.6 Å². The van der Waals surface area contributed by atoms with Gasteiger partial charge in [0.05, 0.1) is 117 Å². The van der Waals surface area contributed by atoms with E-state index in [-0.39, 0.29) is 163 Å². The van der Waals surface area contributed by atoms with Gasteiger partial charge in [-0.25, -0.2) is 17.6 Å². The number of hydrogen-bond donors (Lipinski definition) is 8. The molecule has 12 heterocycles. The van der Waals surface area contributed by atoms with Crippen LogP contribution < -0.4 is 43.0 Å². The molecule has 128 heavy (non-hydrogen) atoms. The Labute approximate surface area is 751 Å². The molecule has 4 aromatic carbocycles. The fraction of sp³-hybridized carbons (Fsp3) is 0.435. The zero-order valence-corrected chi connectivity index (χ0v) is 75.0. The molecule has 4 aromatic heterocycles. The highest BCUT2D eigenvalue weighted by molar-refractivity contribution is 6.31. The molecular weight excluding hydrogens is 1750 g/mol. The van der Waals surface area contributed by atoms with E-state index in [0.29, 0.717) is 52.1 Å². The van der Waals surface area contributed by atoms with Crippen molar-refractivity contribution in [3.63, 3.8) is 0 Å². The molecule has 8 atom stereocenters. The van der Waals surface area contributed by atoms with Crippen LogP contribution in [0.25, 0.3) is 0 Å². The lowest BCUT2D eigenvalue weighted by atomic mass is 9.66. The Morgan fingerprint density at radius 1 is 0.344 bits per heavy atom. The number of ketones is 4. The molecule has 16 rings (SSSR count).